The average Bonchev–Trinajstić information content (AvgIpc) is 3.23. The van der Waals surface area contributed by atoms with Crippen molar-refractivity contribution < 1.29 is 14.3 Å². The van der Waals surface area contributed by atoms with Crippen molar-refractivity contribution in [3.8, 4) is 11.5 Å². The smallest absolute Gasteiger partial charge is 0.246 e. The highest BCUT2D eigenvalue weighted by Crippen LogP contribution is 2.28. The monoisotopic (exact) mass is 552 g/mol. The Balaban J connectivity index is 0.00000363. The van der Waals surface area contributed by atoms with E-state index in [1.165, 1.54) is 11.1 Å². The van der Waals surface area contributed by atoms with Crippen LogP contribution in [0.1, 0.15) is 24.5 Å². The molecule has 2 aromatic carbocycles. The fourth-order valence-electron chi connectivity index (χ4n) is 3.72. The van der Waals surface area contributed by atoms with Crippen LogP contribution in [0.25, 0.3) is 0 Å². The van der Waals surface area contributed by atoms with E-state index in [-0.39, 0.29) is 36.4 Å². The number of aliphatic imine (C=N–C) groups is 1. The van der Waals surface area contributed by atoms with E-state index in [0.717, 1.165) is 49.5 Å². The number of aryl methyl sites for hydroxylation is 1. The molecule has 1 aliphatic rings. The number of carbonyl (C=O) groups is 1. The number of methoxy groups -OCH3 is 1. The zero-order chi connectivity index (χ0) is 22.1. The summed E-state index contributed by atoms with van der Waals surface area (Å²) in [7, 11) is 3.36. The molecule has 0 aliphatic carbocycles. The third-order valence-corrected chi connectivity index (χ3v) is 5.28. The van der Waals surface area contributed by atoms with Crippen LogP contribution >= 0.6 is 24.0 Å². The molecule has 0 unspecified atom stereocenters. The van der Waals surface area contributed by atoms with Gasteiger partial charge in [-0.25, -0.2) is 0 Å². The second-order valence-electron chi connectivity index (χ2n) is 7.30. The molecule has 0 bridgehead atoms. The van der Waals surface area contributed by atoms with E-state index in [1.807, 2.05) is 42.2 Å². The van der Waals surface area contributed by atoms with Crippen molar-refractivity contribution in [1.29, 1.82) is 0 Å². The summed E-state index contributed by atoms with van der Waals surface area (Å²) in [5.74, 6) is 2.20. The predicted octanol–water partition coefficient (Wildman–Crippen LogP) is 3.40. The summed E-state index contributed by atoms with van der Waals surface area (Å²) in [6.07, 6.45) is 2.73. The van der Waals surface area contributed by atoms with E-state index in [1.54, 1.807) is 14.2 Å². The maximum atomic E-state index is 12.6. The maximum Gasteiger partial charge on any atom is 0.246 e. The Kier molecular flexibility index (Phi) is 10.6. The Hall–Kier alpha value is -2.49. The second-order valence-corrected chi connectivity index (χ2v) is 7.30. The van der Waals surface area contributed by atoms with Gasteiger partial charge in [0.25, 0.3) is 0 Å². The standard InChI is InChI=1S/C24H32N4O3.HI/c1-4-31-22-16-18(11-12-21(22)30-3)8-7-14-26-24(25-2)27-17-23(29)28-15-13-19-9-5-6-10-20(19)28;/h5-6,9-12,16H,4,7-8,13-15,17H2,1-3H3,(H2,25,26,27);1H. The second kappa shape index (κ2) is 13.1. The van der Waals surface area contributed by atoms with Crippen molar-refractivity contribution in [3.05, 3.63) is 53.6 Å². The zero-order valence-electron chi connectivity index (χ0n) is 19.0. The summed E-state index contributed by atoms with van der Waals surface area (Å²) in [6, 6.07) is 14.1. The number of carbonyl (C=O) groups excluding carboxylic acids is 1. The number of para-hydroxylation sites is 1. The molecule has 0 spiro atoms. The van der Waals surface area contributed by atoms with E-state index in [9.17, 15) is 4.79 Å². The molecule has 1 heterocycles. The lowest BCUT2D eigenvalue weighted by molar-refractivity contribution is -0.117. The molecule has 2 aromatic rings. The number of hydrogen-bond acceptors (Lipinski definition) is 4. The number of anilines is 1. The van der Waals surface area contributed by atoms with Crippen molar-refractivity contribution >= 4 is 41.5 Å². The van der Waals surface area contributed by atoms with E-state index >= 15 is 0 Å². The van der Waals surface area contributed by atoms with Crippen LogP contribution < -0.4 is 25.0 Å². The van der Waals surface area contributed by atoms with Gasteiger partial charge in [-0.2, -0.15) is 0 Å². The fraction of sp³-hybridized carbons (Fsp3) is 0.417. The van der Waals surface area contributed by atoms with Gasteiger partial charge in [0.15, 0.2) is 17.5 Å². The van der Waals surface area contributed by atoms with E-state index < -0.39 is 0 Å². The molecule has 7 nitrogen and oxygen atoms in total. The largest absolute Gasteiger partial charge is 0.493 e. The van der Waals surface area contributed by atoms with Crippen molar-refractivity contribution in [2.24, 2.45) is 4.99 Å². The van der Waals surface area contributed by atoms with Crippen LogP contribution in [0.4, 0.5) is 5.69 Å². The van der Waals surface area contributed by atoms with Gasteiger partial charge in [0, 0.05) is 25.8 Å². The van der Waals surface area contributed by atoms with Crippen molar-refractivity contribution in [3.63, 3.8) is 0 Å². The number of hydrogen-bond donors (Lipinski definition) is 2. The molecule has 1 aliphatic heterocycles. The van der Waals surface area contributed by atoms with Gasteiger partial charge in [0.2, 0.25) is 5.91 Å². The molecule has 174 valence electrons. The van der Waals surface area contributed by atoms with E-state index in [2.05, 4.69) is 27.8 Å². The van der Waals surface area contributed by atoms with Crippen LogP contribution in [-0.4, -0.2) is 52.3 Å². The van der Waals surface area contributed by atoms with Gasteiger partial charge < -0.3 is 25.0 Å². The topological polar surface area (TPSA) is 75.2 Å². The Morgan fingerprint density at radius 3 is 2.72 bits per heavy atom. The zero-order valence-corrected chi connectivity index (χ0v) is 21.3. The van der Waals surface area contributed by atoms with Crippen LogP contribution in [0.3, 0.4) is 0 Å². The molecular formula is C24H33IN4O3. The number of amides is 1. The van der Waals surface area contributed by atoms with Gasteiger partial charge in [-0.05, 0) is 55.5 Å². The Labute approximate surface area is 207 Å². The number of nitrogens with one attached hydrogen (secondary N) is 2. The Morgan fingerprint density at radius 2 is 1.97 bits per heavy atom. The number of guanidine groups is 1. The Morgan fingerprint density at radius 1 is 1.16 bits per heavy atom. The lowest BCUT2D eigenvalue weighted by Crippen LogP contribution is -2.44. The van der Waals surface area contributed by atoms with Crippen LogP contribution in [-0.2, 0) is 17.6 Å². The summed E-state index contributed by atoms with van der Waals surface area (Å²) < 4.78 is 11.0. The molecule has 2 N–H and O–H groups in total. The molecule has 0 saturated heterocycles. The number of rotatable bonds is 9. The molecule has 32 heavy (non-hydrogen) atoms. The van der Waals surface area contributed by atoms with Crippen molar-refractivity contribution in [1.82, 2.24) is 10.6 Å². The molecule has 0 aromatic heterocycles. The number of nitrogens with zero attached hydrogens (tertiary/aromatic N) is 2. The molecule has 1 amide bonds. The lowest BCUT2D eigenvalue weighted by Gasteiger charge is -2.19. The normalized spacial score (nSPS) is 12.6. The summed E-state index contributed by atoms with van der Waals surface area (Å²) >= 11 is 0. The fourth-order valence-corrected chi connectivity index (χ4v) is 3.72. The number of halogens is 1. The van der Waals surface area contributed by atoms with Gasteiger partial charge in [-0.3, -0.25) is 9.79 Å². The highest BCUT2D eigenvalue weighted by molar-refractivity contribution is 14.0. The first-order chi connectivity index (χ1) is 15.2. The van der Waals surface area contributed by atoms with Crippen LogP contribution in [0.5, 0.6) is 11.5 Å². The number of fused-ring (bicyclic) bond motifs is 1. The van der Waals surface area contributed by atoms with Gasteiger partial charge in [-0.1, -0.05) is 24.3 Å². The first-order valence-corrected chi connectivity index (χ1v) is 10.8. The summed E-state index contributed by atoms with van der Waals surface area (Å²) in [6.45, 7) is 4.26. The van der Waals surface area contributed by atoms with Crippen molar-refractivity contribution in [2.45, 2.75) is 26.2 Å². The van der Waals surface area contributed by atoms with Crippen LogP contribution in [0, 0.1) is 0 Å². The predicted molar refractivity (Wildman–Crippen MR) is 140 cm³/mol. The maximum absolute atomic E-state index is 12.6. The highest BCUT2D eigenvalue weighted by Gasteiger charge is 2.23. The Bertz CT molecular complexity index is 920. The van der Waals surface area contributed by atoms with Gasteiger partial charge in [-0.15, -0.1) is 24.0 Å². The number of benzene rings is 2. The first kappa shape index (κ1) is 25.8. The summed E-state index contributed by atoms with van der Waals surface area (Å²) in [5.41, 5.74) is 3.43. The van der Waals surface area contributed by atoms with Crippen molar-refractivity contribution in [2.75, 3.05) is 45.3 Å². The van der Waals surface area contributed by atoms with Crippen LogP contribution in [0.15, 0.2) is 47.5 Å². The average molecular weight is 552 g/mol. The summed E-state index contributed by atoms with van der Waals surface area (Å²) in [4.78, 5) is 18.7. The SMILES string of the molecule is CCOc1cc(CCCNC(=NC)NCC(=O)N2CCc3ccccc32)ccc1OC.I. The molecule has 0 atom stereocenters. The third-order valence-electron chi connectivity index (χ3n) is 5.28. The minimum absolute atomic E-state index is 0. The first-order valence-electron chi connectivity index (χ1n) is 10.8. The van der Waals surface area contributed by atoms with Gasteiger partial charge in [0.1, 0.15) is 0 Å². The van der Waals surface area contributed by atoms with Gasteiger partial charge in [0.05, 0.1) is 20.3 Å². The highest BCUT2D eigenvalue weighted by atomic mass is 127. The van der Waals surface area contributed by atoms with E-state index in [0.29, 0.717) is 12.6 Å². The molecular weight excluding hydrogens is 519 g/mol. The molecule has 0 radical (unpaired) electrons. The number of ether oxygens (including phenoxy) is 2. The molecule has 8 heteroatoms. The van der Waals surface area contributed by atoms with Gasteiger partial charge >= 0.3 is 0 Å². The van der Waals surface area contributed by atoms with Crippen LogP contribution in [0.2, 0.25) is 0 Å². The van der Waals surface area contributed by atoms with E-state index in [4.69, 9.17) is 9.47 Å². The quantitative estimate of drug-likeness (QED) is 0.216. The molecule has 0 saturated carbocycles. The third kappa shape index (κ3) is 6.75. The minimum atomic E-state index is 0. The molecule has 3 rings (SSSR count). The molecule has 0 fully saturated rings. The minimum Gasteiger partial charge on any atom is -0.493 e. The summed E-state index contributed by atoms with van der Waals surface area (Å²) in [5, 5.41) is 6.41. The lowest BCUT2D eigenvalue weighted by atomic mass is 10.1.